The van der Waals surface area contributed by atoms with E-state index in [0.29, 0.717) is 0 Å². The maximum atomic E-state index is 11.3. The van der Waals surface area contributed by atoms with Gasteiger partial charge in [-0.05, 0) is 39.0 Å². The molecule has 146 valence electrons. The van der Waals surface area contributed by atoms with E-state index in [2.05, 4.69) is 19.1 Å². The van der Waals surface area contributed by atoms with Crippen molar-refractivity contribution in [1.82, 2.24) is 0 Å². The maximum absolute atomic E-state index is 11.3. The predicted molar refractivity (Wildman–Crippen MR) is 112 cm³/mol. The standard InChI is InChI=1S/C20H40O3S.Na.H/c1-3-5-6-7-8-9-10-11-12-13-14-15-16-17-18-19-20-24(21,22)23-4-2;;/h11-12H,3-10,13-20H2,1-2H3;;/b12-11-;;. The Morgan fingerprint density at radius 1 is 0.680 bits per heavy atom. The molecule has 0 saturated heterocycles. The second kappa shape index (κ2) is 21.0. The van der Waals surface area contributed by atoms with Gasteiger partial charge in [0.1, 0.15) is 0 Å². The van der Waals surface area contributed by atoms with Gasteiger partial charge < -0.3 is 0 Å². The van der Waals surface area contributed by atoms with E-state index in [1.165, 1.54) is 70.6 Å². The first kappa shape index (κ1) is 27.9. The summed E-state index contributed by atoms with van der Waals surface area (Å²) < 4.78 is 27.4. The molecule has 0 spiro atoms. The zero-order chi connectivity index (χ0) is 17.9. The molecule has 0 bridgehead atoms. The number of unbranched alkanes of at least 4 members (excludes halogenated alkanes) is 12. The van der Waals surface area contributed by atoms with Crippen molar-refractivity contribution in [3.8, 4) is 0 Å². The normalized spacial score (nSPS) is 11.8. The van der Waals surface area contributed by atoms with E-state index in [0.717, 1.165) is 19.3 Å². The number of hydrogen-bond acceptors (Lipinski definition) is 3. The molecule has 0 heterocycles. The summed E-state index contributed by atoms with van der Waals surface area (Å²) in [5.74, 6) is 0.169. The van der Waals surface area contributed by atoms with E-state index in [1.54, 1.807) is 6.92 Å². The van der Waals surface area contributed by atoms with Crippen LogP contribution in [0.25, 0.3) is 0 Å². The predicted octanol–water partition coefficient (Wildman–Crippen LogP) is 5.74. The van der Waals surface area contributed by atoms with Crippen LogP contribution in [0.5, 0.6) is 0 Å². The van der Waals surface area contributed by atoms with Crippen molar-refractivity contribution in [3.05, 3.63) is 12.2 Å². The van der Waals surface area contributed by atoms with Crippen LogP contribution < -0.4 is 0 Å². The fraction of sp³-hybridized carbons (Fsp3) is 0.900. The van der Waals surface area contributed by atoms with Gasteiger partial charge in [0, 0.05) is 0 Å². The Labute approximate surface area is 179 Å². The molecule has 5 heteroatoms. The van der Waals surface area contributed by atoms with Crippen LogP contribution in [0.15, 0.2) is 12.2 Å². The Morgan fingerprint density at radius 2 is 1.12 bits per heavy atom. The summed E-state index contributed by atoms with van der Waals surface area (Å²) in [6, 6.07) is 0. The first-order chi connectivity index (χ1) is 11.6. The Balaban J connectivity index is 0. The van der Waals surface area contributed by atoms with Gasteiger partial charge in [0.15, 0.2) is 0 Å². The van der Waals surface area contributed by atoms with Gasteiger partial charge in [-0.15, -0.1) is 0 Å². The molecule has 0 atom stereocenters. The zero-order valence-corrected chi connectivity index (χ0v) is 16.9. The molecule has 0 aliphatic heterocycles. The van der Waals surface area contributed by atoms with Gasteiger partial charge in [-0.1, -0.05) is 76.9 Å². The molecule has 0 aromatic carbocycles. The average Bonchev–Trinajstić information content (AvgIpc) is 2.54. The van der Waals surface area contributed by atoms with Gasteiger partial charge in [-0.3, -0.25) is 4.18 Å². The molecular formula is C20H41NaO3S. The van der Waals surface area contributed by atoms with Crippen LogP contribution in [0.4, 0.5) is 0 Å². The number of rotatable bonds is 18. The summed E-state index contributed by atoms with van der Waals surface area (Å²) in [5, 5.41) is 0. The summed E-state index contributed by atoms with van der Waals surface area (Å²) in [5.41, 5.74) is 0. The quantitative estimate of drug-likeness (QED) is 0.131. The van der Waals surface area contributed by atoms with Gasteiger partial charge in [0.25, 0.3) is 10.1 Å². The Bertz CT molecular complexity index is 380. The van der Waals surface area contributed by atoms with Crippen LogP contribution in [0.2, 0.25) is 0 Å². The van der Waals surface area contributed by atoms with Gasteiger partial charge in [-0.2, -0.15) is 8.42 Å². The van der Waals surface area contributed by atoms with E-state index in [1.807, 2.05) is 0 Å². The van der Waals surface area contributed by atoms with Crippen LogP contribution in [0.3, 0.4) is 0 Å². The van der Waals surface area contributed by atoms with Crippen LogP contribution >= 0.6 is 0 Å². The second-order valence-corrected chi connectivity index (χ2v) is 8.37. The molecule has 0 aliphatic rings. The summed E-state index contributed by atoms with van der Waals surface area (Å²) in [6.45, 7) is 4.21. The van der Waals surface area contributed by atoms with Crippen LogP contribution in [-0.2, 0) is 14.3 Å². The Kier molecular flexibility index (Phi) is 23.4. The number of hydrogen-bond donors (Lipinski definition) is 0. The van der Waals surface area contributed by atoms with Crippen molar-refractivity contribution in [2.24, 2.45) is 0 Å². The van der Waals surface area contributed by atoms with Gasteiger partial charge in [0.05, 0.1) is 12.4 Å². The van der Waals surface area contributed by atoms with E-state index in [4.69, 9.17) is 4.18 Å². The molecule has 3 nitrogen and oxygen atoms in total. The first-order valence-corrected chi connectivity index (χ1v) is 11.7. The first-order valence-electron chi connectivity index (χ1n) is 10.1. The fourth-order valence-corrected chi connectivity index (χ4v) is 3.80. The fourth-order valence-electron chi connectivity index (χ4n) is 2.76. The third-order valence-electron chi connectivity index (χ3n) is 4.20. The zero-order valence-electron chi connectivity index (χ0n) is 16.1. The van der Waals surface area contributed by atoms with E-state index in [9.17, 15) is 8.42 Å². The summed E-state index contributed by atoms with van der Waals surface area (Å²) in [7, 11) is -3.26. The summed E-state index contributed by atoms with van der Waals surface area (Å²) in [6.07, 6.45) is 21.9. The topological polar surface area (TPSA) is 43.4 Å². The van der Waals surface area contributed by atoms with E-state index in [-0.39, 0.29) is 41.9 Å². The van der Waals surface area contributed by atoms with Crippen LogP contribution in [-0.4, -0.2) is 50.3 Å². The van der Waals surface area contributed by atoms with Crippen molar-refractivity contribution in [3.63, 3.8) is 0 Å². The molecular weight excluding hydrogens is 343 g/mol. The van der Waals surface area contributed by atoms with Crippen LogP contribution in [0.1, 0.15) is 104 Å². The van der Waals surface area contributed by atoms with E-state index >= 15 is 0 Å². The third kappa shape index (κ3) is 22.6. The SMILES string of the molecule is CCCCCCCC/C=C\CCCCCCCCS(=O)(=O)OCC.[NaH]. The van der Waals surface area contributed by atoms with Gasteiger partial charge in [-0.25, -0.2) is 0 Å². The molecule has 0 N–H and O–H groups in total. The molecule has 0 fully saturated rings. The molecule has 0 aromatic heterocycles. The molecule has 0 saturated carbocycles. The molecule has 0 aromatic rings. The van der Waals surface area contributed by atoms with E-state index < -0.39 is 10.1 Å². The monoisotopic (exact) mass is 384 g/mol. The molecule has 0 radical (unpaired) electrons. The van der Waals surface area contributed by atoms with Crippen molar-refractivity contribution in [1.29, 1.82) is 0 Å². The molecule has 0 amide bonds. The van der Waals surface area contributed by atoms with Crippen LogP contribution in [0, 0.1) is 0 Å². The second-order valence-electron chi connectivity index (χ2n) is 6.61. The average molecular weight is 385 g/mol. The Hall–Kier alpha value is 0.650. The van der Waals surface area contributed by atoms with Crippen molar-refractivity contribution in [2.45, 2.75) is 104 Å². The van der Waals surface area contributed by atoms with Crippen molar-refractivity contribution < 1.29 is 12.6 Å². The van der Waals surface area contributed by atoms with Gasteiger partial charge in [0.2, 0.25) is 0 Å². The Morgan fingerprint density at radius 3 is 1.60 bits per heavy atom. The minimum absolute atomic E-state index is 0. The summed E-state index contributed by atoms with van der Waals surface area (Å²) >= 11 is 0. The molecule has 0 unspecified atom stereocenters. The molecule has 0 aliphatic carbocycles. The van der Waals surface area contributed by atoms with Crippen molar-refractivity contribution >= 4 is 39.7 Å². The van der Waals surface area contributed by atoms with Gasteiger partial charge >= 0.3 is 29.6 Å². The third-order valence-corrected chi connectivity index (χ3v) is 5.59. The molecule has 25 heavy (non-hydrogen) atoms. The molecule has 0 rings (SSSR count). The minimum atomic E-state index is -3.26. The summed E-state index contributed by atoms with van der Waals surface area (Å²) in [4.78, 5) is 0. The number of allylic oxidation sites excluding steroid dienone is 2. The van der Waals surface area contributed by atoms with Crippen molar-refractivity contribution in [2.75, 3.05) is 12.4 Å².